The van der Waals surface area contributed by atoms with E-state index in [0.717, 1.165) is 31.2 Å². The summed E-state index contributed by atoms with van der Waals surface area (Å²) in [6.07, 6.45) is 16.1. The lowest BCUT2D eigenvalue weighted by Crippen LogP contribution is -2.14. The van der Waals surface area contributed by atoms with Crippen molar-refractivity contribution in [3.05, 3.63) is 64.2 Å². The summed E-state index contributed by atoms with van der Waals surface area (Å²) in [7, 11) is 0. The molecule has 1 fully saturated rings. The SMILES string of the molecule is CCCCCC1CCC(c2ccc(CCc3ccc(NCCCC)c(C)c3)cc2C)CC1. The van der Waals surface area contributed by atoms with E-state index >= 15 is 0 Å². The first-order valence-corrected chi connectivity index (χ1v) is 13.5. The predicted molar refractivity (Wildman–Crippen MR) is 142 cm³/mol. The van der Waals surface area contributed by atoms with Crippen molar-refractivity contribution in [3.63, 3.8) is 0 Å². The minimum atomic E-state index is 0.793. The molecule has 1 nitrogen and oxygen atoms in total. The second-order valence-electron chi connectivity index (χ2n) is 10.3. The zero-order valence-electron chi connectivity index (χ0n) is 21.3. The fraction of sp³-hybridized carbons (Fsp3) is 0.613. The molecule has 1 N–H and O–H groups in total. The smallest absolute Gasteiger partial charge is 0.0370 e. The van der Waals surface area contributed by atoms with Crippen molar-refractivity contribution in [1.29, 1.82) is 0 Å². The number of rotatable bonds is 12. The van der Waals surface area contributed by atoms with Gasteiger partial charge in [0.2, 0.25) is 0 Å². The fourth-order valence-electron chi connectivity index (χ4n) is 5.56. The molecule has 0 heterocycles. The Kier molecular flexibility index (Phi) is 10.2. The summed E-state index contributed by atoms with van der Waals surface area (Å²) < 4.78 is 0. The zero-order valence-corrected chi connectivity index (χ0v) is 21.3. The summed E-state index contributed by atoms with van der Waals surface area (Å²) in [6.45, 7) is 10.2. The maximum Gasteiger partial charge on any atom is 0.0370 e. The third kappa shape index (κ3) is 7.39. The molecular weight excluding hydrogens is 386 g/mol. The zero-order chi connectivity index (χ0) is 22.8. The number of anilines is 1. The van der Waals surface area contributed by atoms with Gasteiger partial charge >= 0.3 is 0 Å². The Morgan fingerprint density at radius 3 is 2.03 bits per heavy atom. The number of hydrogen-bond acceptors (Lipinski definition) is 1. The Bertz CT molecular complexity index is 813. The fourth-order valence-corrected chi connectivity index (χ4v) is 5.56. The van der Waals surface area contributed by atoms with E-state index in [0.29, 0.717) is 0 Å². The van der Waals surface area contributed by atoms with E-state index in [9.17, 15) is 0 Å². The highest BCUT2D eigenvalue weighted by molar-refractivity contribution is 5.52. The van der Waals surface area contributed by atoms with Crippen LogP contribution in [0.5, 0.6) is 0 Å². The average Bonchev–Trinajstić information content (AvgIpc) is 2.80. The van der Waals surface area contributed by atoms with Gasteiger partial charge in [-0.05, 0) is 105 Å². The van der Waals surface area contributed by atoms with Crippen molar-refractivity contribution in [2.75, 3.05) is 11.9 Å². The topological polar surface area (TPSA) is 12.0 Å². The molecule has 0 aliphatic heterocycles. The highest BCUT2D eigenvalue weighted by Crippen LogP contribution is 2.39. The largest absolute Gasteiger partial charge is 0.385 e. The van der Waals surface area contributed by atoms with E-state index in [4.69, 9.17) is 0 Å². The summed E-state index contributed by atoms with van der Waals surface area (Å²) in [6, 6.07) is 14.3. The van der Waals surface area contributed by atoms with Gasteiger partial charge in [-0.15, -0.1) is 0 Å². The van der Waals surface area contributed by atoms with Crippen molar-refractivity contribution in [3.8, 4) is 0 Å². The van der Waals surface area contributed by atoms with Crippen molar-refractivity contribution < 1.29 is 0 Å². The highest BCUT2D eigenvalue weighted by Gasteiger charge is 2.23. The van der Waals surface area contributed by atoms with Gasteiger partial charge in [0, 0.05) is 12.2 Å². The normalized spacial score (nSPS) is 18.6. The second-order valence-corrected chi connectivity index (χ2v) is 10.3. The maximum absolute atomic E-state index is 3.57. The molecule has 0 radical (unpaired) electrons. The standard InChI is InChI=1S/C31H47N/c1-5-7-9-10-26-13-17-29(18-14-26)30-19-15-27(22-24(30)3)11-12-28-16-20-31(25(4)23-28)32-21-8-6-2/h15-16,19-20,22-23,26,29,32H,5-14,17-18,21H2,1-4H3. The quantitative estimate of drug-likeness (QED) is 0.329. The van der Waals surface area contributed by atoms with Crippen LogP contribution in [-0.4, -0.2) is 6.54 Å². The highest BCUT2D eigenvalue weighted by atomic mass is 14.9. The summed E-state index contributed by atoms with van der Waals surface area (Å²) in [5.74, 6) is 1.79. The van der Waals surface area contributed by atoms with Crippen LogP contribution in [-0.2, 0) is 12.8 Å². The molecule has 0 bridgehead atoms. The van der Waals surface area contributed by atoms with E-state index in [2.05, 4.69) is 69.4 Å². The average molecular weight is 434 g/mol. The van der Waals surface area contributed by atoms with Gasteiger partial charge < -0.3 is 5.32 Å². The third-order valence-corrected chi connectivity index (χ3v) is 7.68. The molecule has 0 aromatic heterocycles. The van der Waals surface area contributed by atoms with Gasteiger partial charge in [0.25, 0.3) is 0 Å². The number of nitrogens with one attached hydrogen (secondary N) is 1. The van der Waals surface area contributed by atoms with Crippen molar-refractivity contribution >= 4 is 5.69 Å². The van der Waals surface area contributed by atoms with Gasteiger partial charge in [0.15, 0.2) is 0 Å². The van der Waals surface area contributed by atoms with Crippen LogP contribution in [0.1, 0.15) is 112 Å². The van der Waals surface area contributed by atoms with Gasteiger partial charge in [-0.25, -0.2) is 0 Å². The van der Waals surface area contributed by atoms with Crippen LogP contribution in [0.3, 0.4) is 0 Å². The van der Waals surface area contributed by atoms with Crippen LogP contribution >= 0.6 is 0 Å². The molecule has 1 saturated carbocycles. The number of unbranched alkanes of at least 4 members (excludes halogenated alkanes) is 3. The molecule has 2 aromatic rings. The molecule has 0 unspecified atom stereocenters. The first kappa shape index (κ1) is 24.9. The van der Waals surface area contributed by atoms with Crippen molar-refractivity contribution in [1.82, 2.24) is 0 Å². The van der Waals surface area contributed by atoms with E-state index < -0.39 is 0 Å². The van der Waals surface area contributed by atoms with Crippen LogP contribution in [0.15, 0.2) is 36.4 Å². The summed E-state index contributed by atoms with van der Waals surface area (Å²) >= 11 is 0. The monoisotopic (exact) mass is 433 g/mol. The van der Waals surface area contributed by atoms with Crippen LogP contribution in [0.2, 0.25) is 0 Å². The van der Waals surface area contributed by atoms with Gasteiger partial charge in [0.1, 0.15) is 0 Å². The minimum absolute atomic E-state index is 0.793. The predicted octanol–water partition coefficient (Wildman–Crippen LogP) is 9.15. The Balaban J connectivity index is 1.50. The molecule has 32 heavy (non-hydrogen) atoms. The van der Waals surface area contributed by atoms with Crippen LogP contribution < -0.4 is 5.32 Å². The first-order valence-electron chi connectivity index (χ1n) is 13.5. The van der Waals surface area contributed by atoms with E-state index in [-0.39, 0.29) is 0 Å². The molecule has 1 aliphatic carbocycles. The Morgan fingerprint density at radius 2 is 1.41 bits per heavy atom. The van der Waals surface area contributed by atoms with Gasteiger partial charge in [-0.2, -0.15) is 0 Å². The lowest BCUT2D eigenvalue weighted by atomic mass is 9.76. The molecule has 3 rings (SSSR count). The first-order chi connectivity index (χ1) is 15.6. The maximum atomic E-state index is 3.57. The van der Waals surface area contributed by atoms with Crippen LogP contribution in [0.25, 0.3) is 0 Å². The molecule has 0 atom stereocenters. The second kappa shape index (κ2) is 13.1. The van der Waals surface area contributed by atoms with Crippen LogP contribution in [0, 0.1) is 19.8 Å². The number of benzene rings is 2. The van der Waals surface area contributed by atoms with E-state index in [1.54, 1.807) is 5.56 Å². The molecule has 1 aliphatic rings. The van der Waals surface area contributed by atoms with E-state index in [1.807, 2.05) is 0 Å². The van der Waals surface area contributed by atoms with Gasteiger partial charge in [0.05, 0.1) is 0 Å². The third-order valence-electron chi connectivity index (χ3n) is 7.68. The van der Waals surface area contributed by atoms with E-state index in [1.165, 1.54) is 92.1 Å². The Morgan fingerprint density at radius 1 is 0.750 bits per heavy atom. The molecule has 0 spiro atoms. The lowest BCUT2D eigenvalue weighted by Gasteiger charge is -2.30. The Labute approximate surface area is 198 Å². The van der Waals surface area contributed by atoms with Crippen molar-refractivity contribution in [2.45, 2.75) is 111 Å². The van der Waals surface area contributed by atoms with Crippen molar-refractivity contribution in [2.24, 2.45) is 5.92 Å². The molecule has 176 valence electrons. The summed E-state index contributed by atoms with van der Waals surface area (Å²) in [5.41, 5.74) is 8.74. The van der Waals surface area contributed by atoms with Crippen LogP contribution in [0.4, 0.5) is 5.69 Å². The molecule has 2 aromatic carbocycles. The van der Waals surface area contributed by atoms with Gasteiger partial charge in [-0.1, -0.05) is 76.3 Å². The Hall–Kier alpha value is -1.76. The minimum Gasteiger partial charge on any atom is -0.385 e. The lowest BCUT2D eigenvalue weighted by molar-refractivity contribution is 0.302. The molecule has 0 amide bonds. The number of hydrogen-bond donors (Lipinski definition) is 1. The molecule has 0 saturated heterocycles. The van der Waals surface area contributed by atoms with Gasteiger partial charge in [-0.3, -0.25) is 0 Å². The molecule has 1 heteroatoms. The number of aryl methyl sites for hydroxylation is 4. The molecular formula is C31H47N. The summed E-state index contributed by atoms with van der Waals surface area (Å²) in [5, 5.41) is 3.57. The summed E-state index contributed by atoms with van der Waals surface area (Å²) in [4.78, 5) is 0.